The van der Waals surface area contributed by atoms with Crippen LogP contribution in [0.5, 0.6) is 0 Å². The lowest BCUT2D eigenvalue weighted by atomic mass is 10.0. The molecule has 3 aromatic rings. The van der Waals surface area contributed by atoms with E-state index in [-0.39, 0.29) is 18.5 Å². The zero-order chi connectivity index (χ0) is 27.7. The van der Waals surface area contributed by atoms with Crippen LogP contribution in [0.4, 0.5) is 5.69 Å². The van der Waals surface area contributed by atoms with E-state index < -0.39 is 28.5 Å². The minimum atomic E-state index is -3.77. The fraction of sp³-hybridized carbons (Fsp3) is 0.333. The van der Waals surface area contributed by atoms with Crippen molar-refractivity contribution < 1.29 is 18.0 Å². The molecule has 0 aliphatic carbocycles. The molecule has 7 nitrogen and oxygen atoms in total. The molecule has 2 amide bonds. The number of nitrogens with one attached hydrogen (secondary N) is 1. The van der Waals surface area contributed by atoms with Crippen molar-refractivity contribution in [3.05, 3.63) is 102 Å². The Morgan fingerprint density at radius 2 is 1.42 bits per heavy atom. The second-order valence-corrected chi connectivity index (χ2v) is 11.5. The summed E-state index contributed by atoms with van der Waals surface area (Å²) >= 11 is 0. The minimum Gasteiger partial charge on any atom is -0.352 e. The van der Waals surface area contributed by atoms with E-state index in [0.717, 1.165) is 33.7 Å². The largest absolute Gasteiger partial charge is 0.352 e. The molecule has 2 atom stereocenters. The fourth-order valence-corrected chi connectivity index (χ4v) is 4.95. The summed E-state index contributed by atoms with van der Waals surface area (Å²) in [6, 6.07) is 25.0. The Morgan fingerprint density at radius 3 is 1.95 bits per heavy atom. The van der Waals surface area contributed by atoms with Crippen LogP contribution in [0.1, 0.15) is 37.0 Å². The molecule has 0 radical (unpaired) electrons. The number of hydrogen-bond acceptors (Lipinski definition) is 4. The molecule has 1 N–H and O–H groups in total. The molecule has 0 bridgehead atoms. The number of amides is 2. The Kier molecular flexibility index (Phi) is 10.1. The number of sulfonamides is 1. The molecule has 0 spiro atoms. The Morgan fingerprint density at radius 1 is 0.868 bits per heavy atom. The lowest BCUT2D eigenvalue weighted by molar-refractivity contribution is -0.140. The Labute approximate surface area is 226 Å². The van der Waals surface area contributed by atoms with Gasteiger partial charge in [0.15, 0.2) is 0 Å². The molecular weight excluding hydrogens is 498 g/mol. The molecule has 0 saturated carbocycles. The topological polar surface area (TPSA) is 86.8 Å². The lowest BCUT2D eigenvalue weighted by Crippen LogP contribution is -2.54. The van der Waals surface area contributed by atoms with E-state index in [1.165, 1.54) is 4.90 Å². The molecule has 0 aliphatic heterocycles. The summed E-state index contributed by atoms with van der Waals surface area (Å²) in [7, 11) is -3.77. The molecule has 0 saturated heterocycles. The van der Waals surface area contributed by atoms with Gasteiger partial charge in [0.05, 0.1) is 11.9 Å². The van der Waals surface area contributed by atoms with E-state index in [2.05, 4.69) is 5.32 Å². The van der Waals surface area contributed by atoms with E-state index in [0.29, 0.717) is 12.1 Å². The van der Waals surface area contributed by atoms with Gasteiger partial charge in [-0.25, -0.2) is 8.42 Å². The number of rotatable bonds is 12. The Bertz CT molecular complexity index is 1300. The second-order valence-electron chi connectivity index (χ2n) is 9.64. The fourth-order valence-electron chi connectivity index (χ4n) is 4.10. The molecule has 3 aromatic carbocycles. The maximum atomic E-state index is 14.0. The van der Waals surface area contributed by atoms with Gasteiger partial charge in [0.1, 0.15) is 12.6 Å². The molecule has 202 valence electrons. The Balaban J connectivity index is 2.03. The van der Waals surface area contributed by atoms with Gasteiger partial charge in [0.2, 0.25) is 21.8 Å². The molecule has 0 aliphatic rings. The maximum Gasteiger partial charge on any atom is 0.244 e. The molecule has 3 rings (SSSR count). The Hall–Kier alpha value is -3.65. The summed E-state index contributed by atoms with van der Waals surface area (Å²) in [5.74, 6) is -0.728. The molecule has 0 fully saturated rings. The third-order valence-electron chi connectivity index (χ3n) is 6.47. The average molecular weight is 536 g/mol. The van der Waals surface area contributed by atoms with E-state index in [1.54, 1.807) is 24.3 Å². The standard InChI is InChI=1S/C30H37N3O4S/c1-5-24(3)31-30(35)28(20-25-12-8-6-9-13-25)32(21-26-14-10-7-11-15-26)29(34)22-33(38(4,36)37)27-18-16-23(2)17-19-27/h6-19,24,28H,5,20-22H2,1-4H3,(H,31,35)/t24-,28-/m0/s1. The third-order valence-corrected chi connectivity index (χ3v) is 7.61. The zero-order valence-corrected chi connectivity index (χ0v) is 23.3. The first-order chi connectivity index (χ1) is 18.1. The summed E-state index contributed by atoms with van der Waals surface area (Å²) in [4.78, 5) is 29.1. The second kappa shape index (κ2) is 13.2. The zero-order valence-electron chi connectivity index (χ0n) is 22.5. The molecule has 38 heavy (non-hydrogen) atoms. The average Bonchev–Trinajstić information content (AvgIpc) is 2.90. The van der Waals surface area contributed by atoms with Crippen molar-refractivity contribution in [2.24, 2.45) is 0 Å². The summed E-state index contributed by atoms with van der Waals surface area (Å²) in [6.07, 6.45) is 2.12. The van der Waals surface area contributed by atoms with Crippen LogP contribution in [0.2, 0.25) is 0 Å². The number of nitrogens with zero attached hydrogens (tertiary/aromatic N) is 2. The van der Waals surface area contributed by atoms with Crippen LogP contribution >= 0.6 is 0 Å². The first kappa shape index (κ1) is 28.9. The van der Waals surface area contributed by atoms with Crippen LogP contribution in [0.3, 0.4) is 0 Å². The normalized spacial score (nSPS) is 12.8. The van der Waals surface area contributed by atoms with E-state index in [1.807, 2.05) is 81.4 Å². The molecular formula is C30H37N3O4S. The van der Waals surface area contributed by atoms with Crippen molar-refractivity contribution in [2.75, 3.05) is 17.1 Å². The summed E-state index contributed by atoms with van der Waals surface area (Å²) < 4.78 is 26.7. The van der Waals surface area contributed by atoms with Crippen LogP contribution in [-0.2, 0) is 32.6 Å². The van der Waals surface area contributed by atoms with Crippen molar-refractivity contribution in [1.82, 2.24) is 10.2 Å². The highest BCUT2D eigenvalue weighted by Crippen LogP contribution is 2.21. The monoisotopic (exact) mass is 535 g/mol. The van der Waals surface area contributed by atoms with E-state index >= 15 is 0 Å². The molecule has 8 heteroatoms. The number of aryl methyl sites for hydroxylation is 1. The number of carbonyl (C=O) groups excluding carboxylic acids is 2. The molecule has 0 heterocycles. The van der Waals surface area contributed by atoms with Crippen molar-refractivity contribution in [3.63, 3.8) is 0 Å². The summed E-state index contributed by atoms with van der Waals surface area (Å²) in [5.41, 5.74) is 3.12. The maximum absolute atomic E-state index is 14.0. The highest BCUT2D eigenvalue weighted by atomic mass is 32.2. The highest BCUT2D eigenvalue weighted by Gasteiger charge is 2.33. The van der Waals surface area contributed by atoms with Crippen molar-refractivity contribution in [1.29, 1.82) is 0 Å². The van der Waals surface area contributed by atoms with Gasteiger partial charge < -0.3 is 10.2 Å². The van der Waals surface area contributed by atoms with Crippen molar-refractivity contribution in [2.45, 2.75) is 52.2 Å². The predicted molar refractivity (Wildman–Crippen MR) is 152 cm³/mol. The SMILES string of the molecule is CC[C@H](C)NC(=O)[C@H](Cc1ccccc1)N(Cc1ccccc1)C(=O)CN(c1ccc(C)cc1)S(C)(=O)=O. The highest BCUT2D eigenvalue weighted by molar-refractivity contribution is 7.92. The molecule has 0 unspecified atom stereocenters. The number of hydrogen-bond donors (Lipinski definition) is 1. The van der Waals surface area contributed by atoms with Gasteiger partial charge in [0.25, 0.3) is 0 Å². The van der Waals surface area contributed by atoms with Crippen molar-refractivity contribution >= 4 is 27.5 Å². The van der Waals surface area contributed by atoms with Crippen LogP contribution in [0.25, 0.3) is 0 Å². The first-order valence-electron chi connectivity index (χ1n) is 12.8. The number of carbonyl (C=O) groups is 2. The van der Waals surface area contributed by atoms with Gasteiger partial charge in [-0.05, 0) is 43.5 Å². The predicted octanol–water partition coefficient (Wildman–Crippen LogP) is 4.32. The van der Waals surface area contributed by atoms with E-state index in [4.69, 9.17) is 0 Å². The van der Waals surface area contributed by atoms with Gasteiger partial charge in [-0.1, -0.05) is 85.3 Å². The number of anilines is 1. The van der Waals surface area contributed by atoms with Gasteiger partial charge in [-0.15, -0.1) is 0 Å². The van der Waals surface area contributed by atoms with Gasteiger partial charge in [0, 0.05) is 19.0 Å². The number of benzene rings is 3. The van der Waals surface area contributed by atoms with E-state index in [9.17, 15) is 18.0 Å². The summed E-state index contributed by atoms with van der Waals surface area (Å²) in [6.45, 7) is 5.55. The van der Waals surface area contributed by atoms with Gasteiger partial charge >= 0.3 is 0 Å². The first-order valence-corrected chi connectivity index (χ1v) is 14.7. The smallest absolute Gasteiger partial charge is 0.244 e. The van der Waals surface area contributed by atoms with Gasteiger partial charge in [-0.3, -0.25) is 13.9 Å². The summed E-state index contributed by atoms with van der Waals surface area (Å²) in [5, 5.41) is 3.03. The van der Waals surface area contributed by atoms with Crippen LogP contribution in [-0.4, -0.2) is 50.0 Å². The lowest BCUT2D eigenvalue weighted by Gasteiger charge is -2.34. The van der Waals surface area contributed by atoms with Crippen LogP contribution in [0.15, 0.2) is 84.9 Å². The third kappa shape index (κ3) is 8.18. The van der Waals surface area contributed by atoms with Crippen LogP contribution in [0, 0.1) is 6.92 Å². The van der Waals surface area contributed by atoms with Crippen molar-refractivity contribution in [3.8, 4) is 0 Å². The quantitative estimate of drug-likeness (QED) is 0.374. The molecule has 0 aromatic heterocycles. The van der Waals surface area contributed by atoms with Crippen LogP contribution < -0.4 is 9.62 Å². The van der Waals surface area contributed by atoms with Gasteiger partial charge in [-0.2, -0.15) is 0 Å². The minimum absolute atomic E-state index is 0.0745.